The van der Waals surface area contributed by atoms with Gasteiger partial charge in [0, 0.05) is 36.3 Å². The molecule has 100 valence electrons. The fraction of sp³-hybridized carbons (Fsp3) is 0.615. The minimum Gasteiger partial charge on any atom is -0.349 e. The summed E-state index contributed by atoms with van der Waals surface area (Å²) in [7, 11) is 2.12. The molecule has 0 aromatic carbocycles. The van der Waals surface area contributed by atoms with Crippen LogP contribution in [0.5, 0.6) is 0 Å². The average molecular weight is 314 g/mol. The van der Waals surface area contributed by atoms with Crippen molar-refractivity contribution in [3.05, 3.63) is 22.4 Å². The van der Waals surface area contributed by atoms with E-state index in [1.165, 1.54) is 12.8 Å². The highest BCUT2D eigenvalue weighted by Crippen LogP contribution is 2.24. The molecule has 0 unspecified atom stereocenters. The first-order valence-electron chi connectivity index (χ1n) is 6.46. The van der Waals surface area contributed by atoms with Crippen LogP contribution in [0.15, 0.2) is 16.7 Å². The Morgan fingerprint density at radius 3 is 2.94 bits per heavy atom. The lowest BCUT2D eigenvalue weighted by atomic mass is 10.4. The third kappa shape index (κ3) is 3.36. The molecule has 5 heteroatoms. The highest BCUT2D eigenvalue weighted by Gasteiger charge is 2.25. The van der Waals surface area contributed by atoms with Gasteiger partial charge in [0.15, 0.2) is 0 Å². The van der Waals surface area contributed by atoms with Gasteiger partial charge in [-0.25, -0.2) is 0 Å². The maximum absolute atomic E-state index is 12.0. The topological polar surface area (TPSA) is 37.3 Å². The maximum Gasteiger partial charge on any atom is 0.267 e. The van der Waals surface area contributed by atoms with Gasteiger partial charge >= 0.3 is 0 Å². The van der Waals surface area contributed by atoms with Gasteiger partial charge in [-0.3, -0.25) is 4.79 Å². The zero-order chi connectivity index (χ0) is 13.1. The SMILES string of the molecule is CCn1cc(Br)cc1C(=O)NCCN(C)C1CC1. The van der Waals surface area contributed by atoms with Crippen LogP contribution >= 0.6 is 15.9 Å². The highest BCUT2D eigenvalue weighted by atomic mass is 79.9. The number of nitrogens with one attached hydrogen (secondary N) is 1. The number of amides is 1. The number of aryl methyl sites for hydroxylation is 1. The van der Waals surface area contributed by atoms with E-state index in [4.69, 9.17) is 0 Å². The van der Waals surface area contributed by atoms with E-state index < -0.39 is 0 Å². The molecule has 1 saturated carbocycles. The average Bonchev–Trinajstić information content (AvgIpc) is 3.12. The molecule has 1 heterocycles. The van der Waals surface area contributed by atoms with Crippen molar-refractivity contribution < 1.29 is 4.79 Å². The molecule has 1 fully saturated rings. The van der Waals surface area contributed by atoms with Crippen molar-refractivity contribution >= 4 is 21.8 Å². The number of nitrogens with zero attached hydrogens (tertiary/aromatic N) is 2. The summed E-state index contributed by atoms with van der Waals surface area (Å²) in [6, 6.07) is 2.61. The van der Waals surface area contributed by atoms with Crippen LogP contribution in [0.4, 0.5) is 0 Å². The number of halogens is 1. The largest absolute Gasteiger partial charge is 0.349 e. The summed E-state index contributed by atoms with van der Waals surface area (Å²) in [5, 5.41) is 2.98. The van der Waals surface area contributed by atoms with E-state index >= 15 is 0 Å². The quantitative estimate of drug-likeness (QED) is 0.873. The second-order valence-corrected chi connectivity index (χ2v) is 5.71. The summed E-state index contributed by atoms with van der Waals surface area (Å²) >= 11 is 3.40. The van der Waals surface area contributed by atoms with Crippen LogP contribution in [-0.4, -0.2) is 41.6 Å². The van der Waals surface area contributed by atoms with Gasteiger partial charge < -0.3 is 14.8 Å². The minimum atomic E-state index is 0.00625. The van der Waals surface area contributed by atoms with Crippen molar-refractivity contribution in [3.63, 3.8) is 0 Å². The van der Waals surface area contributed by atoms with Gasteiger partial charge in [-0.05, 0) is 48.8 Å². The third-order valence-corrected chi connectivity index (χ3v) is 3.79. The number of carbonyl (C=O) groups is 1. The molecule has 0 saturated heterocycles. The van der Waals surface area contributed by atoms with Crippen LogP contribution in [0.1, 0.15) is 30.3 Å². The fourth-order valence-corrected chi connectivity index (χ4v) is 2.53. The Morgan fingerprint density at radius 1 is 1.61 bits per heavy atom. The number of hydrogen-bond donors (Lipinski definition) is 1. The summed E-state index contributed by atoms with van der Waals surface area (Å²) < 4.78 is 2.90. The molecule has 0 spiro atoms. The number of rotatable bonds is 6. The van der Waals surface area contributed by atoms with E-state index in [0.717, 1.165) is 29.3 Å². The minimum absolute atomic E-state index is 0.00625. The van der Waals surface area contributed by atoms with Gasteiger partial charge in [0.2, 0.25) is 0 Å². The van der Waals surface area contributed by atoms with Crippen LogP contribution in [0, 0.1) is 0 Å². The molecule has 0 bridgehead atoms. The zero-order valence-corrected chi connectivity index (χ0v) is 12.5. The maximum atomic E-state index is 12.0. The van der Waals surface area contributed by atoms with Gasteiger partial charge in [-0.15, -0.1) is 0 Å². The summed E-state index contributed by atoms with van der Waals surface area (Å²) in [5.41, 5.74) is 0.721. The first-order chi connectivity index (χ1) is 8.61. The van der Waals surface area contributed by atoms with E-state index in [-0.39, 0.29) is 5.91 Å². The normalized spacial score (nSPS) is 15.1. The first-order valence-corrected chi connectivity index (χ1v) is 7.25. The van der Waals surface area contributed by atoms with Crippen molar-refractivity contribution in [1.82, 2.24) is 14.8 Å². The molecular formula is C13H20BrN3O. The number of carbonyl (C=O) groups excluding carboxylic acids is 1. The van der Waals surface area contributed by atoms with Gasteiger partial charge in [0.25, 0.3) is 5.91 Å². The predicted molar refractivity (Wildman–Crippen MR) is 75.8 cm³/mol. The van der Waals surface area contributed by atoms with Crippen LogP contribution in [0.3, 0.4) is 0 Å². The lowest BCUT2D eigenvalue weighted by Gasteiger charge is -2.15. The van der Waals surface area contributed by atoms with E-state index in [1.54, 1.807) is 0 Å². The molecule has 0 radical (unpaired) electrons. The Hall–Kier alpha value is -0.810. The second kappa shape index (κ2) is 5.89. The molecule has 1 aliphatic carbocycles. The molecule has 1 aromatic heterocycles. The van der Waals surface area contributed by atoms with Crippen LogP contribution in [-0.2, 0) is 6.54 Å². The van der Waals surface area contributed by atoms with Crippen molar-refractivity contribution in [1.29, 1.82) is 0 Å². The van der Waals surface area contributed by atoms with E-state index in [0.29, 0.717) is 6.54 Å². The molecule has 0 aliphatic heterocycles. The van der Waals surface area contributed by atoms with Crippen LogP contribution in [0.2, 0.25) is 0 Å². The van der Waals surface area contributed by atoms with Crippen LogP contribution in [0.25, 0.3) is 0 Å². The summed E-state index contributed by atoms with van der Waals surface area (Å²) in [4.78, 5) is 14.3. The highest BCUT2D eigenvalue weighted by molar-refractivity contribution is 9.10. The number of aromatic nitrogens is 1. The lowest BCUT2D eigenvalue weighted by molar-refractivity contribution is 0.0940. The molecule has 1 aliphatic rings. The van der Waals surface area contributed by atoms with Crippen molar-refractivity contribution in [2.45, 2.75) is 32.4 Å². The van der Waals surface area contributed by atoms with Gasteiger partial charge in [-0.1, -0.05) is 0 Å². The van der Waals surface area contributed by atoms with Crippen molar-refractivity contribution in [2.24, 2.45) is 0 Å². The smallest absolute Gasteiger partial charge is 0.267 e. The van der Waals surface area contributed by atoms with E-state index in [1.807, 2.05) is 23.8 Å². The molecule has 0 atom stereocenters. The van der Waals surface area contributed by atoms with Crippen molar-refractivity contribution in [2.75, 3.05) is 20.1 Å². The van der Waals surface area contributed by atoms with Gasteiger partial charge in [0.1, 0.15) is 5.69 Å². The number of likely N-dealkylation sites (N-methyl/N-ethyl adjacent to an activating group) is 1. The molecule has 1 amide bonds. The summed E-state index contributed by atoms with van der Waals surface area (Å²) in [5.74, 6) is 0.00625. The molecule has 1 N–H and O–H groups in total. The standard InChI is InChI=1S/C13H20BrN3O/c1-3-17-9-10(14)8-12(17)13(18)15-6-7-16(2)11-4-5-11/h8-9,11H,3-7H2,1-2H3,(H,15,18). The summed E-state index contributed by atoms with van der Waals surface area (Å²) in [6.45, 7) is 4.46. The summed E-state index contributed by atoms with van der Waals surface area (Å²) in [6.07, 6.45) is 4.54. The monoisotopic (exact) mass is 313 g/mol. The molecular weight excluding hydrogens is 294 g/mol. The Bertz CT molecular complexity index is 426. The number of hydrogen-bond acceptors (Lipinski definition) is 2. The predicted octanol–water partition coefficient (Wildman–Crippen LogP) is 2.09. The van der Waals surface area contributed by atoms with Gasteiger partial charge in [0.05, 0.1) is 0 Å². The molecule has 1 aromatic rings. The molecule has 18 heavy (non-hydrogen) atoms. The third-order valence-electron chi connectivity index (χ3n) is 3.36. The van der Waals surface area contributed by atoms with Crippen molar-refractivity contribution in [3.8, 4) is 0 Å². The van der Waals surface area contributed by atoms with Crippen LogP contribution < -0.4 is 5.32 Å². The van der Waals surface area contributed by atoms with Gasteiger partial charge in [-0.2, -0.15) is 0 Å². The van der Waals surface area contributed by atoms with E-state index in [2.05, 4.69) is 33.2 Å². The lowest BCUT2D eigenvalue weighted by Crippen LogP contribution is -2.34. The molecule has 4 nitrogen and oxygen atoms in total. The Morgan fingerprint density at radius 2 is 2.33 bits per heavy atom. The Labute approximate surface area is 116 Å². The Kier molecular flexibility index (Phi) is 4.45. The first kappa shape index (κ1) is 13.6. The van der Waals surface area contributed by atoms with E-state index in [9.17, 15) is 4.79 Å². The molecule has 2 rings (SSSR count). The Balaban J connectivity index is 1.82. The second-order valence-electron chi connectivity index (χ2n) is 4.80. The zero-order valence-electron chi connectivity index (χ0n) is 10.9. The fourth-order valence-electron chi connectivity index (χ4n) is 2.06.